The van der Waals surface area contributed by atoms with E-state index in [-0.39, 0.29) is 6.42 Å². The number of carbonyl (C=O) groups is 2. The molecule has 0 amide bonds. The number of hydrogen-bond donors (Lipinski definition) is 2. The molecular weight excluding hydrogens is 348 g/mol. The minimum absolute atomic E-state index is 0.247. The van der Waals surface area contributed by atoms with E-state index < -0.39 is 23.8 Å². The summed E-state index contributed by atoms with van der Waals surface area (Å²) in [4.78, 5) is 32.5. The molecule has 0 fully saturated rings. The Morgan fingerprint density at radius 1 is 0.852 bits per heavy atom. The lowest BCUT2D eigenvalue weighted by atomic mass is 9.94. The topological polar surface area (TPSA) is 93.1 Å². The van der Waals surface area contributed by atoms with Gasteiger partial charge in [0, 0.05) is 0 Å². The highest BCUT2D eigenvalue weighted by Gasteiger charge is 2.19. The van der Waals surface area contributed by atoms with E-state index in [9.17, 15) is 19.8 Å². The van der Waals surface area contributed by atoms with Crippen LogP contribution in [0.5, 0.6) is 5.75 Å². The highest BCUT2D eigenvalue weighted by atomic mass is 17.2. The lowest BCUT2D eigenvalue weighted by Gasteiger charge is -2.11. The third-order valence-corrected chi connectivity index (χ3v) is 4.07. The lowest BCUT2D eigenvalue weighted by molar-refractivity contribution is -0.178. The third kappa shape index (κ3) is 6.60. The summed E-state index contributed by atoms with van der Waals surface area (Å²) in [6.45, 7) is 0. The van der Waals surface area contributed by atoms with Crippen molar-refractivity contribution in [2.75, 3.05) is 7.11 Å². The summed E-state index contributed by atoms with van der Waals surface area (Å²) < 4.78 is 0. The SMILES string of the molecule is COOc1ccc(C[C@@H](/C=C/[C@H](Cc2ccccc2)C(=O)O)C(=O)O)cc1. The van der Waals surface area contributed by atoms with Crippen LogP contribution in [0.15, 0.2) is 66.7 Å². The summed E-state index contributed by atoms with van der Waals surface area (Å²) in [5, 5.41) is 18.9. The van der Waals surface area contributed by atoms with Crippen LogP contribution in [-0.4, -0.2) is 29.3 Å². The summed E-state index contributed by atoms with van der Waals surface area (Å²) in [6.07, 6.45) is 3.49. The third-order valence-electron chi connectivity index (χ3n) is 4.07. The largest absolute Gasteiger partial charge is 0.481 e. The minimum atomic E-state index is -1.01. The van der Waals surface area contributed by atoms with Crippen LogP contribution in [0.25, 0.3) is 0 Å². The van der Waals surface area contributed by atoms with Crippen LogP contribution in [-0.2, 0) is 27.3 Å². The summed E-state index contributed by atoms with van der Waals surface area (Å²) in [7, 11) is 1.40. The average molecular weight is 370 g/mol. The molecule has 6 nitrogen and oxygen atoms in total. The summed E-state index contributed by atoms with van der Waals surface area (Å²) >= 11 is 0. The number of carboxylic acid groups (broad SMARTS) is 2. The van der Waals surface area contributed by atoms with Crippen molar-refractivity contribution < 1.29 is 29.6 Å². The zero-order chi connectivity index (χ0) is 19.6. The maximum absolute atomic E-state index is 11.6. The molecule has 2 N–H and O–H groups in total. The number of carboxylic acids is 2. The van der Waals surface area contributed by atoms with Crippen molar-refractivity contribution in [3.05, 3.63) is 77.9 Å². The van der Waals surface area contributed by atoms with Crippen molar-refractivity contribution in [2.24, 2.45) is 11.8 Å². The first-order valence-corrected chi connectivity index (χ1v) is 8.47. The normalized spacial score (nSPS) is 13.2. The molecule has 0 aliphatic rings. The Morgan fingerprint density at radius 3 is 1.78 bits per heavy atom. The molecule has 2 aromatic carbocycles. The smallest absolute Gasteiger partial charge is 0.310 e. The van der Waals surface area contributed by atoms with Crippen LogP contribution in [0.4, 0.5) is 0 Å². The van der Waals surface area contributed by atoms with Gasteiger partial charge < -0.3 is 15.1 Å². The van der Waals surface area contributed by atoms with E-state index in [0.29, 0.717) is 12.2 Å². The Morgan fingerprint density at radius 2 is 1.33 bits per heavy atom. The van der Waals surface area contributed by atoms with Crippen LogP contribution in [0, 0.1) is 11.8 Å². The average Bonchev–Trinajstić information content (AvgIpc) is 2.66. The second kappa shape index (κ2) is 10.1. The van der Waals surface area contributed by atoms with E-state index >= 15 is 0 Å². The monoisotopic (exact) mass is 370 g/mol. The standard InChI is InChI=1S/C21H22O6/c1-26-27-19-11-7-16(8-12-19)14-18(21(24)25)10-9-17(20(22)23)13-15-5-3-2-4-6-15/h2-12,17-18H,13-14H2,1H3,(H,22,23)(H,24,25)/b10-9+/t17-,18-/m1/s1. The molecule has 0 aliphatic carbocycles. The number of benzene rings is 2. The minimum Gasteiger partial charge on any atom is -0.481 e. The van der Waals surface area contributed by atoms with Crippen LogP contribution >= 0.6 is 0 Å². The van der Waals surface area contributed by atoms with Gasteiger partial charge in [0.1, 0.15) is 0 Å². The molecule has 0 unspecified atom stereocenters. The molecule has 0 aliphatic heterocycles. The van der Waals surface area contributed by atoms with Crippen LogP contribution in [0.1, 0.15) is 11.1 Å². The van der Waals surface area contributed by atoms with E-state index in [1.807, 2.05) is 30.3 Å². The number of aliphatic carboxylic acids is 2. The maximum Gasteiger partial charge on any atom is 0.310 e. The van der Waals surface area contributed by atoms with Crippen molar-refractivity contribution in [3.8, 4) is 5.75 Å². The van der Waals surface area contributed by atoms with Crippen LogP contribution in [0.3, 0.4) is 0 Å². The van der Waals surface area contributed by atoms with Crippen molar-refractivity contribution in [3.63, 3.8) is 0 Å². The molecule has 2 aromatic rings. The molecule has 2 rings (SSSR count). The van der Waals surface area contributed by atoms with E-state index in [4.69, 9.17) is 4.89 Å². The molecule has 0 bridgehead atoms. The molecule has 0 aromatic heterocycles. The van der Waals surface area contributed by atoms with Gasteiger partial charge in [0.15, 0.2) is 5.75 Å². The second-order valence-corrected chi connectivity index (χ2v) is 6.06. The fraction of sp³-hybridized carbons (Fsp3) is 0.238. The Balaban J connectivity index is 2.08. The van der Waals surface area contributed by atoms with Gasteiger partial charge in [0.05, 0.1) is 18.9 Å². The summed E-state index contributed by atoms with van der Waals surface area (Å²) in [6, 6.07) is 16.1. The first kappa shape index (κ1) is 20.2. The van der Waals surface area contributed by atoms with Crippen molar-refractivity contribution >= 4 is 11.9 Å². The predicted molar refractivity (Wildman–Crippen MR) is 99.3 cm³/mol. The van der Waals surface area contributed by atoms with E-state index in [0.717, 1.165) is 11.1 Å². The molecule has 0 saturated heterocycles. The van der Waals surface area contributed by atoms with Crippen molar-refractivity contribution in [1.82, 2.24) is 0 Å². The van der Waals surface area contributed by atoms with Gasteiger partial charge in [-0.2, -0.15) is 4.89 Å². The number of hydrogen-bond acceptors (Lipinski definition) is 4. The Kier molecular flexibility index (Phi) is 7.58. The van der Waals surface area contributed by atoms with Crippen LogP contribution < -0.4 is 4.89 Å². The van der Waals surface area contributed by atoms with Gasteiger partial charge >= 0.3 is 11.9 Å². The van der Waals surface area contributed by atoms with E-state index in [1.54, 1.807) is 24.3 Å². The van der Waals surface area contributed by atoms with Gasteiger partial charge in [-0.3, -0.25) is 9.59 Å². The van der Waals surface area contributed by atoms with Gasteiger partial charge in [-0.1, -0.05) is 54.6 Å². The van der Waals surface area contributed by atoms with Gasteiger partial charge in [0.25, 0.3) is 0 Å². The first-order valence-electron chi connectivity index (χ1n) is 8.47. The summed E-state index contributed by atoms with van der Waals surface area (Å²) in [5.74, 6) is -3.09. The lowest BCUT2D eigenvalue weighted by Crippen LogP contribution is -2.17. The predicted octanol–water partition coefficient (Wildman–Crippen LogP) is 3.37. The molecule has 2 atom stereocenters. The van der Waals surface area contributed by atoms with Gasteiger partial charge in [0.2, 0.25) is 0 Å². The molecule has 142 valence electrons. The Hall–Kier alpha value is -3.12. The zero-order valence-electron chi connectivity index (χ0n) is 14.9. The number of rotatable bonds is 10. The fourth-order valence-electron chi connectivity index (χ4n) is 2.64. The molecule has 0 heterocycles. The second-order valence-electron chi connectivity index (χ2n) is 6.06. The quantitative estimate of drug-likeness (QED) is 0.378. The van der Waals surface area contributed by atoms with Crippen LogP contribution in [0.2, 0.25) is 0 Å². The Bertz CT molecular complexity index is 767. The molecular formula is C21H22O6. The Labute approximate surface area is 157 Å². The van der Waals surface area contributed by atoms with Gasteiger partial charge in [-0.15, -0.1) is 0 Å². The molecule has 27 heavy (non-hydrogen) atoms. The van der Waals surface area contributed by atoms with Gasteiger partial charge in [-0.25, -0.2) is 0 Å². The first-order chi connectivity index (χ1) is 13.0. The zero-order valence-corrected chi connectivity index (χ0v) is 14.9. The van der Waals surface area contributed by atoms with Crippen molar-refractivity contribution in [2.45, 2.75) is 12.8 Å². The molecule has 0 radical (unpaired) electrons. The highest BCUT2D eigenvalue weighted by molar-refractivity contribution is 5.75. The van der Waals surface area contributed by atoms with Gasteiger partial charge in [-0.05, 0) is 36.1 Å². The molecule has 6 heteroatoms. The fourth-order valence-corrected chi connectivity index (χ4v) is 2.64. The molecule has 0 saturated carbocycles. The summed E-state index contributed by atoms with van der Waals surface area (Å²) in [5.41, 5.74) is 1.68. The maximum atomic E-state index is 11.6. The van der Waals surface area contributed by atoms with E-state index in [2.05, 4.69) is 4.89 Å². The highest BCUT2D eigenvalue weighted by Crippen LogP contribution is 2.18. The van der Waals surface area contributed by atoms with E-state index in [1.165, 1.54) is 19.3 Å². The van der Waals surface area contributed by atoms with Crippen molar-refractivity contribution in [1.29, 1.82) is 0 Å². The molecule has 0 spiro atoms.